The maximum absolute atomic E-state index is 12.1. The van der Waals surface area contributed by atoms with Crippen molar-refractivity contribution < 1.29 is 4.79 Å². The van der Waals surface area contributed by atoms with Crippen LogP contribution >= 0.6 is 11.8 Å². The fourth-order valence-electron chi connectivity index (χ4n) is 2.34. The molecule has 0 aromatic rings. The number of carbonyl (C=O) groups excluding carboxylic acids is 1. The first-order valence-electron chi connectivity index (χ1n) is 6.92. The van der Waals surface area contributed by atoms with E-state index in [1.165, 1.54) is 12.8 Å². The first kappa shape index (κ1) is 15.8. The molecule has 1 saturated carbocycles. The van der Waals surface area contributed by atoms with Gasteiger partial charge in [-0.15, -0.1) is 0 Å². The summed E-state index contributed by atoms with van der Waals surface area (Å²) in [6.07, 6.45) is 4.84. The summed E-state index contributed by atoms with van der Waals surface area (Å²) in [5.41, 5.74) is 5.72. The van der Waals surface area contributed by atoms with Gasteiger partial charge in [0.15, 0.2) is 0 Å². The summed E-state index contributed by atoms with van der Waals surface area (Å²) in [4.78, 5) is 14.0. The van der Waals surface area contributed by atoms with Crippen molar-refractivity contribution in [2.45, 2.75) is 58.0 Å². The quantitative estimate of drug-likeness (QED) is 0.836. The van der Waals surface area contributed by atoms with Crippen LogP contribution < -0.4 is 5.73 Å². The van der Waals surface area contributed by atoms with Crippen LogP contribution in [0.25, 0.3) is 0 Å². The predicted molar refractivity (Wildman–Crippen MR) is 79.8 cm³/mol. The second-order valence-electron chi connectivity index (χ2n) is 6.40. The van der Waals surface area contributed by atoms with Gasteiger partial charge in [0.1, 0.15) is 0 Å². The lowest BCUT2D eigenvalue weighted by Crippen LogP contribution is -2.41. The van der Waals surface area contributed by atoms with E-state index in [9.17, 15) is 4.79 Å². The molecule has 0 saturated heterocycles. The maximum Gasteiger partial charge on any atom is 0.232 e. The molecule has 0 heterocycles. The molecule has 4 heteroatoms. The summed E-state index contributed by atoms with van der Waals surface area (Å²) in [5, 5.41) is 0. The summed E-state index contributed by atoms with van der Waals surface area (Å²) >= 11 is 1.64. The van der Waals surface area contributed by atoms with E-state index in [0.717, 1.165) is 24.5 Å². The van der Waals surface area contributed by atoms with E-state index in [1.807, 2.05) is 25.8 Å². The highest BCUT2D eigenvalue weighted by molar-refractivity contribution is 8.00. The highest BCUT2D eigenvalue weighted by Crippen LogP contribution is 2.26. The summed E-state index contributed by atoms with van der Waals surface area (Å²) in [6.45, 7) is 6.30. The minimum Gasteiger partial charge on any atom is -0.342 e. The monoisotopic (exact) mass is 272 g/mol. The van der Waals surface area contributed by atoms with Crippen molar-refractivity contribution in [3.8, 4) is 0 Å². The van der Waals surface area contributed by atoms with Gasteiger partial charge >= 0.3 is 0 Å². The Morgan fingerprint density at radius 2 is 1.89 bits per heavy atom. The largest absolute Gasteiger partial charge is 0.342 e. The van der Waals surface area contributed by atoms with Crippen LogP contribution in [0.2, 0.25) is 0 Å². The molecule has 0 radical (unpaired) electrons. The molecule has 1 aliphatic carbocycles. The number of hydrogen-bond acceptors (Lipinski definition) is 3. The molecule has 0 unspecified atom stereocenters. The van der Waals surface area contributed by atoms with Crippen LogP contribution in [0.5, 0.6) is 0 Å². The molecule has 0 aromatic heterocycles. The Morgan fingerprint density at radius 1 is 1.33 bits per heavy atom. The van der Waals surface area contributed by atoms with E-state index in [2.05, 4.69) is 6.92 Å². The Morgan fingerprint density at radius 3 is 2.39 bits per heavy atom. The van der Waals surface area contributed by atoms with E-state index < -0.39 is 0 Å². The molecule has 0 aliphatic heterocycles. The average Bonchev–Trinajstić information content (AvgIpc) is 2.27. The zero-order valence-corrected chi connectivity index (χ0v) is 13.1. The minimum atomic E-state index is -0.191. The highest BCUT2D eigenvalue weighted by atomic mass is 32.2. The molecule has 0 aromatic carbocycles. The second-order valence-corrected chi connectivity index (χ2v) is 7.39. The zero-order valence-electron chi connectivity index (χ0n) is 12.2. The molecule has 3 nitrogen and oxygen atoms in total. The lowest BCUT2D eigenvalue weighted by Gasteiger charge is -2.33. The third-order valence-electron chi connectivity index (χ3n) is 3.63. The van der Waals surface area contributed by atoms with E-state index in [4.69, 9.17) is 5.73 Å². The van der Waals surface area contributed by atoms with Crippen molar-refractivity contribution >= 4 is 17.7 Å². The molecule has 1 fully saturated rings. The first-order chi connectivity index (χ1) is 8.29. The van der Waals surface area contributed by atoms with Crippen molar-refractivity contribution in [2.24, 2.45) is 11.7 Å². The van der Waals surface area contributed by atoms with E-state index in [0.29, 0.717) is 11.8 Å². The van der Waals surface area contributed by atoms with Gasteiger partial charge in [-0.25, -0.2) is 0 Å². The van der Waals surface area contributed by atoms with Crippen LogP contribution in [-0.4, -0.2) is 40.9 Å². The molecular formula is C14H28N2OS. The van der Waals surface area contributed by atoms with Crippen molar-refractivity contribution in [3.63, 3.8) is 0 Å². The SMILES string of the molecule is CC1CCC(N(C)C(=O)CSCC(C)(C)N)CC1. The van der Waals surface area contributed by atoms with Gasteiger partial charge in [-0.05, 0) is 45.4 Å². The van der Waals surface area contributed by atoms with E-state index in [1.54, 1.807) is 11.8 Å². The van der Waals surface area contributed by atoms with Gasteiger partial charge in [0.05, 0.1) is 5.75 Å². The Hall–Kier alpha value is -0.220. The molecule has 0 atom stereocenters. The second kappa shape index (κ2) is 6.80. The molecule has 1 amide bonds. The van der Waals surface area contributed by atoms with Crippen LogP contribution in [0, 0.1) is 5.92 Å². The van der Waals surface area contributed by atoms with E-state index in [-0.39, 0.29) is 11.4 Å². The Bertz CT molecular complexity index is 267. The lowest BCUT2D eigenvalue weighted by molar-refractivity contribution is -0.129. The van der Waals surface area contributed by atoms with Gasteiger partial charge in [-0.3, -0.25) is 4.79 Å². The topological polar surface area (TPSA) is 46.3 Å². The fourth-order valence-corrected chi connectivity index (χ4v) is 3.34. The fraction of sp³-hybridized carbons (Fsp3) is 0.929. The van der Waals surface area contributed by atoms with Gasteiger partial charge in [0.2, 0.25) is 5.91 Å². The molecule has 2 N–H and O–H groups in total. The zero-order chi connectivity index (χ0) is 13.8. The van der Waals surface area contributed by atoms with Crippen LogP contribution in [0.1, 0.15) is 46.5 Å². The van der Waals surface area contributed by atoms with Crippen molar-refractivity contribution in [2.75, 3.05) is 18.6 Å². The Labute approximate surface area is 116 Å². The van der Waals surface area contributed by atoms with Gasteiger partial charge in [0, 0.05) is 24.4 Å². The van der Waals surface area contributed by atoms with Crippen LogP contribution in [-0.2, 0) is 4.79 Å². The van der Waals surface area contributed by atoms with Gasteiger partial charge in [-0.1, -0.05) is 6.92 Å². The summed E-state index contributed by atoms with van der Waals surface area (Å²) in [5.74, 6) is 2.47. The summed E-state index contributed by atoms with van der Waals surface area (Å²) in [6, 6.07) is 0.459. The highest BCUT2D eigenvalue weighted by Gasteiger charge is 2.24. The molecule has 1 aliphatic rings. The molecule has 106 valence electrons. The van der Waals surface area contributed by atoms with Gasteiger partial charge in [-0.2, -0.15) is 11.8 Å². The van der Waals surface area contributed by atoms with Crippen LogP contribution in [0.4, 0.5) is 0 Å². The van der Waals surface area contributed by atoms with Crippen molar-refractivity contribution in [1.82, 2.24) is 4.90 Å². The Kier molecular flexibility index (Phi) is 5.99. The smallest absolute Gasteiger partial charge is 0.232 e. The molecule has 1 rings (SSSR count). The molecule has 18 heavy (non-hydrogen) atoms. The van der Waals surface area contributed by atoms with Crippen molar-refractivity contribution in [1.29, 1.82) is 0 Å². The van der Waals surface area contributed by atoms with Crippen LogP contribution in [0.3, 0.4) is 0 Å². The number of nitrogens with zero attached hydrogens (tertiary/aromatic N) is 1. The first-order valence-corrected chi connectivity index (χ1v) is 8.07. The normalized spacial score (nSPS) is 24.9. The molecular weight excluding hydrogens is 244 g/mol. The number of thioether (sulfide) groups is 1. The third-order valence-corrected chi connectivity index (χ3v) is 5.03. The van der Waals surface area contributed by atoms with Crippen LogP contribution in [0.15, 0.2) is 0 Å². The Balaban J connectivity index is 2.28. The van der Waals surface area contributed by atoms with Crippen molar-refractivity contribution in [3.05, 3.63) is 0 Å². The minimum absolute atomic E-state index is 0.191. The number of amides is 1. The molecule has 0 bridgehead atoms. The van der Waals surface area contributed by atoms with E-state index >= 15 is 0 Å². The summed E-state index contributed by atoms with van der Waals surface area (Å²) < 4.78 is 0. The molecule has 0 spiro atoms. The standard InChI is InChI=1S/C14H28N2OS/c1-11-5-7-12(8-6-11)16(4)13(17)9-18-10-14(2,3)15/h11-12H,5-10,15H2,1-4H3. The number of nitrogens with two attached hydrogens (primary N) is 1. The van der Waals surface area contributed by atoms with Gasteiger partial charge < -0.3 is 10.6 Å². The maximum atomic E-state index is 12.1. The van der Waals surface area contributed by atoms with Gasteiger partial charge in [0.25, 0.3) is 0 Å². The predicted octanol–water partition coefficient (Wildman–Crippen LogP) is 2.49. The lowest BCUT2D eigenvalue weighted by atomic mass is 9.87. The number of carbonyl (C=O) groups is 1. The number of rotatable bonds is 5. The summed E-state index contributed by atoms with van der Waals surface area (Å²) in [7, 11) is 1.96. The average molecular weight is 272 g/mol. The number of hydrogen-bond donors (Lipinski definition) is 1. The third kappa shape index (κ3) is 5.61.